The maximum Gasteiger partial charge on any atom is 0.313 e. The highest BCUT2D eigenvalue weighted by molar-refractivity contribution is 7.99. The predicted octanol–water partition coefficient (Wildman–Crippen LogP) is 1.15. The van der Waals surface area contributed by atoms with Gasteiger partial charge in [-0.1, -0.05) is 17.8 Å². The van der Waals surface area contributed by atoms with Crippen LogP contribution in [0.15, 0.2) is 22.7 Å². The molecule has 21 heavy (non-hydrogen) atoms. The van der Waals surface area contributed by atoms with E-state index in [-0.39, 0.29) is 5.75 Å². The second-order valence-corrected chi connectivity index (χ2v) is 6.23. The lowest BCUT2D eigenvalue weighted by molar-refractivity contribution is -0.133. The van der Waals surface area contributed by atoms with Crippen molar-refractivity contribution in [3.63, 3.8) is 0 Å². The van der Waals surface area contributed by atoms with Gasteiger partial charge in [-0.25, -0.2) is 4.68 Å². The molecule has 0 amide bonds. The first-order valence-corrected chi connectivity index (χ1v) is 8.29. The van der Waals surface area contributed by atoms with Crippen LogP contribution >= 0.6 is 23.1 Å². The number of hydrogen-bond donors (Lipinski definition) is 1. The molecule has 0 aromatic carbocycles. The highest BCUT2D eigenvalue weighted by Gasteiger charge is 2.22. The van der Waals surface area contributed by atoms with Gasteiger partial charge < -0.3 is 14.9 Å². The molecule has 0 unspecified atom stereocenters. The zero-order chi connectivity index (χ0) is 14.7. The van der Waals surface area contributed by atoms with Crippen molar-refractivity contribution in [2.45, 2.75) is 5.16 Å². The summed E-state index contributed by atoms with van der Waals surface area (Å²) >= 11 is 2.76. The van der Waals surface area contributed by atoms with Gasteiger partial charge in [-0.15, -0.1) is 21.5 Å². The number of carbonyl (C=O) groups is 1. The standard InChI is InChI=1S/C12H14N4O3S2/c17-10(18)8-21-12-14-13-11(9-2-1-7-20-9)16(12)15-3-5-19-6-4-15/h1-2,7H,3-6,8H2,(H,17,18). The Kier molecular flexibility index (Phi) is 4.42. The van der Waals surface area contributed by atoms with E-state index in [2.05, 4.69) is 15.2 Å². The Hall–Kier alpha value is -1.58. The van der Waals surface area contributed by atoms with E-state index in [0.717, 1.165) is 23.8 Å². The quantitative estimate of drug-likeness (QED) is 0.826. The van der Waals surface area contributed by atoms with Gasteiger partial charge in [0.2, 0.25) is 5.16 Å². The molecule has 0 saturated carbocycles. The van der Waals surface area contributed by atoms with E-state index in [1.165, 1.54) is 11.8 Å². The molecule has 9 heteroatoms. The van der Waals surface area contributed by atoms with Gasteiger partial charge in [0.05, 0.1) is 36.9 Å². The number of morpholine rings is 1. The van der Waals surface area contributed by atoms with E-state index in [1.807, 2.05) is 22.2 Å². The summed E-state index contributed by atoms with van der Waals surface area (Å²) in [4.78, 5) is 11.8. The van der Waals surface area contributed by atoms with E-state index in [0.29, 0.717) is 18.4 Å². The molecule has 1 aliphatic heterocycles. The second-order valence-electron chi connectivity index (χ2n) is 4.34. The number of carboxylic acids is 1. The van der Waals surface area contributed by atoms with Crippen molar-refractivity contribution in [2.75, 3.05) is 37.1 Å². The smallest absolute Gasteiger partial charge is 0.313 e. The fourth-order valence-electron chi connectivity index (χ4n) is 2.05. The molecule has 3 heterocycles. The molecule has 0 radical (unpaired) electrons. The molecule has 0 atom stereocenters. The summed E-state index contributed by atoms with van der Waals surface area (Å²) in [5.41, 5.74) is 0. The first kappa shape index (κ1) is 14.4. The molecule has 1 fully saturated rings. The molecule has 3 rings (SSSR count). The SMILES string of the molecule is O=C(O)CSc1nnc(-c2cccs2)n1N1CCOCC1. The average molecular weight is 326 g/mol. The predicted molar refractivity (Wildman–Crippen MR) is 80.5 cm³/mol. The molecule has 1 saturated heterocycles. The van der Waals surface area contributed by atoms with Crippen molar-refractivity contribution >= 4 is 29.1 Å². The minimum absolute atomic E-state index is 0.0348. The van der Waals surface area contributed by atoms with Crippen LogP contribution in [0, 0.1) is 0 Å². The van der Waals surface area contributed by atoms with E-state index in [9.17, 15) is 4.79 Å². The number of thioether (sulfide) groups is 1. The van der Waals surface area contributed by atoms with Crippen LogP contribution in [-0.4, -0.2) is 58.0 Å². The summed E-state index contributed by atoms with van der Waals surface area (Å²) < 4.78 is 7.29. The van der Waals surface area contributed by atoms with E-state index >= 15 is 0 Å². The van der Waals surface area contributed by atoms with E-state index in [4.69, 9.17) is 9.84 Å². The Morgan fingerprint density at radius 3 is 2.90 bits per heavy atom. The zero-order valence-corrected chi connectivity index (χ0v) is 12.8. The molecule has 2 aromatic rings. The number of thiophene rings is 1. The summed E-state index contributed by atoms with van der Waals surface area (Å²) in [6.45, 7) is 2.75. The third kappa shape index (κ3) is 3.20. The summed E-state index contributed by atoms with van der Waals surface area (Å²) in [5, 5.41) is 21.9. The van der Waals surface area contributed by atoms with Crippen molar-refractivity contribution in [1.82, 2.24) is 14.9 Å². The van der Waals surface area contributed by atoms with Crippen LogP contribution in [0.3, 0.4) is 0 Å². The molecular weight excluding hydrogens is 312 g/mol. The molecule has 7 nitrogen and oxygen atoms in total. The van der Waals surface area contributed by atoms with Gasteiger partial charge >= 0.3 is 5.97 Å². The Bertz CT molecular complexity index is 608. The lowest BCUT2D eigenvalue weighted by Crippen LogP contribution is -2.44. The number of ether oxygens (including phenoxy) is 1. The molecule has 1 aliphatic rings. The van der Waals surface area contributed by atoms with Crippen molar-refractivity contribution in [3.8, 4) is 10.7 Å². The van der Waals surface area contributed by atoms with Gasteiger partial charge in [-0.2, -0.15) is 0 Å². The molecule has 0 spiro atoms. The Balaban J connectivity index is 1.94. The number of aliphatic carboxylic acids is 1. The average Bonchev–Trinajstić information content (AvgIpc) is 3.15. The van der Waals surface area contributed by atoms with Crippen molar-refractivity contribution in [2.24, 2.45) is 0 Å². The van der Waals surface area contributed by atoms with Crippen LogP contribution in [0.5, 0.6) is 0 Å². The third-order valence-corrected chi connectivity index (χ3v) is 4.72. The topological polar surface area (TPSA) is 80.5 Å². The highest BCUT2D eigenvalue weighted by Crippen LogP contribution is 2.27. The third-order valence-electron chi connectivity index (χ3n) is 2.95. The van der Waals surface area contributed by atoms with Crippen LogP contribution in [-0.2, 0) is 9.53 Å². The van der Waals surface area contributed by atoms with Crippen molar-refractivity contribution < 1.29 is 14.6 Å². The van der Waals surface area contributed by atoms with Gasteiger partial charge in [0.1, 0.15) is 0 Å². The monoisotopic (exact) mass is 326 g/mol. The molecular formula is C12H14N4O3S2. The maximum absolute atomic E-state index is 10.8. The minimum atomic E-state index is -0.866. The van der Waals surface area contributed by atoms with Gasteiger partial charge in [-0.05, 0) is 11.4 Å². The van der Waals surface area contributed by atoms with Crippen LogP contribution in [0.25, 0.3) is 10.7 Å². The number of rotatable bonds is 5. The number of carboxylic acid groups (broad SMARTS) is 1. The molecule has 0 aliphatic carbocycles. The lowest BCUT2D eigenvalue weighted by atomic mass is 10.4. The van der Waals surface area contributed by atoms with Crippen LogP contribution in [0.1, 0.15) is 0 Å². The van der Waals surface area contributed by atoms with Gasteiger partial charge in [0, 0.05) is 0 Å². The summed E-state index contributed by atoms with van der Waals surface area (Å²) in [6, 6.07) is 3.94. The molecule has 112 valence electrons. The Labute approximate surface area is 129 Å². The van der Waals surface area contributed by atoms with Crippen LogP contribution in [0.2, 0.25) is 0 Å². The molecule has 2 aromatic heterocycles. The first-order valence-electron chi connectivity index (χ1n) is 6.42. The van der Waals surface area contributed by atoms with Crippen molar-refractivity contribution in [3.05, 3.63) is 17.5 Å². The summed E-state index contributed by atoms with van der Waals surface area (Å²) in [5.74, 6) is -0.151. The number of nitrogens with zero attached hydrogens (tertiary/aromatic N) is 4. The zero-order valence-electron chi connectivity index (χ0n) is 11.1. The minimum Gasteiger partial charge on any atom is -0.481 e. The fourth-order valence-corrected chi connectivity index (χ4v) is 3.42. The summed E-state index contributed by atoms with van der Waals surface area (Å²) in [7, 11) is 0. The highest BCUT2D eigenvalue weighted by atomic mass is 32.2. The van der Waals surface area contributed by atoms with Crippen LogP contribution in [0.4, 0.5) is 0 Å². The normalized spacial score (nSPS) is 15.3. The molecule has 0 bridgehead atoms. The van der Waals surface area contributed by atoms with Gasteiger partial charge in [0.25, 0.3) is 0 Å². The second kappa shape index (κ2) is 6.46. The molecule has 1 N–H and O–H groups in total. The Morgan fingerprint density at radius 1 is 1.43 bits per heavy atom. The summed E-state index contributed by atoms with van der Waals surface area (Å²) in [6.07, 6.45) is 0. The maximum atomic E-state index is 10.8. The first-order chi connectivity index (χ1) is 10.3. The number of hydrogen-bond acceptors (Lipinski definition) is 7. The van der Waals surface area contributed by atoms with E-state index < -0.39 is 5.97 Å². The fraction of sp³-hybridized carbons (Fsp3) is 0.417. The van der Waals surface area contributed by atoms with Crippen LogP contribution < -0.4 is 5.01 Å². The number of aromatic nitrogens is 3. The largest absolute Gasteiger partial charge is 0.481 e. The lowest BCUT2D eigenvalue weighted by Gasteiger charge is -2.30. The van der Waals surface area contributed by atoms with E-state index in [1.54, 1.807) is 11.3 Å². The van der Waals surface area contributed by atoms with Crippen molar-refractivity contribution in [1.29, 1.82) is 0 Å². The van der Waals surface area contributed by atoms with Gasteiger partial charge in [0.15, 0.2) is 5.82 Å². The Morgan fingerprint density at radius 2 is 2.24 bits per heavy atom. The van der Waals surface area contributed by atoms with Gasteiger partial charge in [-0.3, -0.25) is 4.79 Å².